The zero-order chi connectivity index (χ0) is 7.78. The minimum absolute atomic E-state index is 0. The Labute approximate surface area is 90.8 Å². The summed E-state index contributed by atoms with van der Waals surface area (Å²) in [4.78, 5) is 0. The SMILES string of the molecule is CC[C@H]1O[CH-]C(F)(F)[C@H]1C.[Y]. The predicted molar refractivity (Wildman–Crippen MR) is 33.6 cm³/mol. The molecule has 1 aliphatic heterocycles. The average molecular weight is 238 g/mol. The minimum Gasteiger partial charge on any atom is -0.544 e. The Morgan fingerprint density at radius 2 is 2.09 bits per heavy atom. The third kappa shape index (κ3) is 2.43. The van der Waals surface area contributed by atoms with E-state index in [-0.39, 0.29) is 38.8 Å². The van der Waals surface area contributed by atoms with Gasteiger partial charge >= 0.3 is 0 Å². The molecule has 0 aromatic carbocycles. The van der Waals surface area contributed by atoms with E-state index in [1.165, 1.54) is 6.92 Å². The van der Waals surface area contributed by atoms with Crippen molar-refractivity contribution in [2.45, 2.75) is 32.3 Å². The molecule has 63 valence electrons. The molecule has 1 fully saturated rings. The Balaban J connectivity index is 0.000001000. The van der Waals surface area contributed by atoms with Crippen LogP contribution in [0.5, 0.6) is 0 Å². The first-order chi connectivity index (χ1) is 4.58. The fraction of sp³-hybridized carbons (Fsp3) is 0.857. The van der Waals surface area contributed by atoms with Gasteiger partial charge in [-0.1, -0.05) is 13.8 Å². The van der Waals surface area contributed by atoms with Gasteiger partial charge in [-0.25, -0.2) is 8.78 Å². The monoisotopic (exact) mass is 238 g/mol. The minimum atomic E-state index is -2.72. The van der Waals surface area contributed by atoms with Crippen molar-refractivity contribution in [3.63, 3.8) is 0 Å². The molecule has 2 atom stereocenters. The Morgan fingerprint density at radius 1 is 1.55 bits per heavy atom. The van der Waals surface area contributed by atoms with Gasteiger partial charge in [0.2, 0.25) is 0 Å². The molecule has 0 bridgehead atoms. The number of rotatable bonds is 1. The largest absolute Gasteiger partial charge is 0.544 e. The maximum atomic E-state index is 12.6. The fourth-order valence-corrected chi connectivity index (χ4v) is 1.10. The van der Waals surface area contributed by atoms with E-state index in [1.54, 1.807) is 0 Å². The first-order valence-electron chi connectivity index (χ1n) is 3.45. The van der Waals surface area contributed by atoms with E-state index in [0.717, 1.165) is 0 Å². The van der Waals surface area contributed by atoms with Crippen molar-refractivity contribution in [1.29, 1.82) is 0 Å². The summed E-state index contributed by atoms with van der Waals surface area (Å²) < 4.78 is 29.9. The van der Waals surface area contributed by atoms with Crippen molar-refractivity contribution >= 4 is 0 Å². The molecule has 0 spiro atoms. The van der Waals surface area contributed by atoms with Crippen LogP contribution in [0.25, 0.3) is 0 Å². The number of alkyl halides is 2. The standard InChI is InChI=1S/C7H11F2O.Y/c1-3-6-5(2)7(8,9)4-10-6;/h4-6H,3H2,1-2H3;/q-1;/t5-,6+;/m0./s1. The van der Waals surface area contributed by atoms with Crippen LogP contribution in [0.2, 0.25) is 0 Å². The molecule has 0 N–H and O–H groups in total. The van der Waals surface area contributed by atoms with Gasteiger partial charge in [-0.05, 0) is 6.42 Å². The van der Waals surface area contributed by atoms with Crippen LogP contribution in [0.15, 0.2) is 0 Å². The third-order valence-electron chi connectivity index (χ3n) is 1.97. The molecular formula is C7H11F2OY-. The van der Waals surface area contributed by atoms with E-state index in [9.17, 15) is 8.78 Å². The van der Waals surface area contributed by atoms with Gasteiger partial charge in [0, 0.05) is 44.7 Å². The van der Waals surface area contributed by atoms with Crippen molar-refractivity contribution in [2.75, 3.05) is 0 Å². The summed E-state index contributed by atoms with van der Waals surface area (Å²) in [6.45, 7) is 4.01. The molecule has 1 saturated heterocycles. The Bertz CT molecular complexity index is 130. The summed E-state index contributed by atoms with van der Waals surface area (Å²) in [5, 5.41) is 0. The Kier molecular flexibility index (Phi) is 4.60. The first kappa shape index (κ1) is 11.9. The summed E-state index contributed by atoms with van der Waals surface area (Å²) in [5.41, 5.74) is 0. The van der Waals surface area contributed by atoms with Gasteiger partial charge in [-0.2, -0.15) is 0 Å². The molecule has 1 nitrogen and oxygen atoms in total. The molecule has 0 aromatic heterocycles. The molecule has 1 aliphatic rings. The topological polar surface area (TPSA) is 9.23 Å². The summed E-state index contributed by atoms with van der Waals surface area (Å²) in [7, 11) is 0. The van der Waals surface area contributed by atoms with Crippen molar-refractivity contribution < 1.29 is 46.2 Å². The van der Waals surface area contributed by atoms with Crippen LogP contribution in [0.1, 0.15) is 20.3 Å². The van der Waals surface area contributed by atoms with Crippen molar-refractivity contribution in [1.82, 2.24) is 0 Å². The van der Waals surface area contributed by atoms with E-state index in [1.807, 2.05) is 6.92 Å². The van der Waals surface area contributed by atoms with Gasteiger partial charge < -0.3 is 4.74 Å². The van der Waals surface area contributed by atoms with E-state index >= 15 is 0 Å². The molecule has 0 amide bonds. The molecule has 0 unspecified atom stereocenters. The molecule has 0 aromatic rings. The van der Waals surface area contributed by atoms with Crippen LogP contribution < -0.4 is 0 Å². The van der Waals surface area contributed by atoms with Crippen LogP contribution in [0.4, 0.5) is 8.78 Å². The van der Waals surface area contributed by atoms with E-state index < -0.39 is 11.8 Å². The normalized spacial score (nSPS) is 34.9. The Morgan fingerprint density at radius 3 is 2.27 bits per heavy atom. The van der Waals surface area contributed by atoms with E-state index in [4.69, 9.17) is 4.74 Å². The van der Waals surface area contributed by atoms with Gasteiger partial charge in [0.15, 0.2) is 5.92 Å². The van der Waals surface area contributed by atoms with Crippen LogP contribution in [-0.2, 0) is 37.4 Å². The molecular weight excluding hydrogens is 227 g/mol. The number of hydrogen-bond acceptors (Lipinski definition) is 1. The molecule has 1 heterocycles. The second-order valence-corrected chi connectivity index (χ2v) is 2.66. The second kappa shape index (κ2) is 4.24. The zero-order valence-electron chi connectivity index (χ0n) is 6.68. The van der Waals surface area contributed by atoms with Gasteiger partial charge in [0.25, 0.3) is 0 Å². The van der Waals surface area contributed by atoms with Gasteiger partial charge in [0.1, 0.15) is 0 Å². The number of halogens is 2. The molecule has 1 radical (unpaired) electrons. The number of hydrogen-bond donors (Lipinski definition) is 0. The quantitative estimate of drug-likeness (QED) is 0.636. The van der Waals surface area contributed by atoms with Crippen molar-refractivity contribution in [3.05, 3.63) is 6.61 Å². The third-order valence-corrected chi connectivity index (χ3v) is 1.97. The van der Waals surface area contributed by atoms with Crippen LogP contribution in [-0.4, -0.2) is 12.0 Å². The fourth-order valence-electron chi connectivity index (χ4n) is 1.10. The van der Waals surface area contributed by atoms with Gasteiger partial charge in [-0.15, -0.1) is 6.61 Å². The van der Waals surface area contributed by atoms with Crippen molar-refractivity contribution in [2.24, 2.45) is 5.92 Å². The van der Waals surface area contributed by atoms with E-state index in [2.05, 4.69) is 0 Å². The van der Waals surface area contributed by atoms with Crippen LogP contribution in [0.3, 0.4) is 0 Å². The van der Waals surface area contributed by atoms with Gasteiger partial charge in [-0.3, -0.25) is 0 Å². The molecule has 1 rings (SSSR count). The summed E-state index contributed by atoms with van der Waals surface area (Å²) in [6.07, 6.45) is 0.350. The molecule has 0 saturated carbocycles. The maximum Gasteiger partial charge on any atom is 0.158 e. The van der Waals surface area contributed by atoms with E-state index in [0.29, 0.717) is 13.0 Å². The van der Waals surface area contributed by atoms with Crippen LogP contribution in [0, 0.1) is 12.5 Å². The van der Waals surface area contributed by atoms with Crippen molar-refractivity contribution in [3.8, 4) is 0 Å². The smallest absolute Gasteiger partial charge is 0.158 e. The van der Waals surface area contributed by atoms with Gasteiger partial charge in [0.05, 0.1) is 0 Å². The predicted octanol–water partition coefficient (Wildman–Crippen LogP) is 2.23. The molecule has 0 aliphatic carbocycles. The maximum absolute atomic E-state index is 12.6. The molecule has 11 heavy (non-hydrogen) atoms. The molecule has 4 heteroatoms. The summed E-state index contributed by atoms with van der Waals surface area (Å²) in [6, 6.07) is 0. The Hall–Kier alpha value is 0.924. The average Bonchev–Trinajstić information content (AvgIpc) is 2.10. The summed E-state index contributed by atoms with van der Waals surface area (Å²) >= 11 is 0. The zero-order valence-corrected chi connectivity index (χ0v) is 9.52. The second-order valence-electron chi connectivity index (χ2n) is 2.66. The van der Waals surface area contributed by atoms with Crippen LogP contribution >= 0.6 is 0 Å². The first-order valence-corrected chi connectivity index (χ1v) is 3.45. The summed E-state index contributed by atoms with van der Waals surface area (Å²) in [5.74, 6) is -3.39. The number of ether oxygens (including phenoxy) is 1.